The van der Waals surface area contributed by atoms with E-state index in [2.05, 4.69) is 18.8 Å². The molecule has 8 heteroatoms. The molecule has 24 heavy (non-hydrogen) atoms. The highest BCUT2D eigenvalue weighted by molar-refractivity contribution is 7.99. The molecule has 6 nitrogen and oxygen atoms in total. The Labute approximate surface area is 149 Å². The largest absolute Gasteiger partial charge is 0.341 e. The van der Waals surface area contributed by atoms with Crippen LogP contribution in [0.25, 0.3) is 4.96 Å². The third-order valence-corrected chi connectivity index (χ3v) is 6.20. The Bertz CT molecular complexity index is 799. The lowest BCUT2D eigenvalue weighted by molar-refractivity contribution is -0.131. The van der Waals surface area contributed by atoms with Gasteiger partial charge in [0.05, 0.1) is 11.4 Å². The van der Waals surface area contributed by atoms with Crippen molar-refractivity contribution in [2.24, 2.45) is 11.1 Å². The Hall–Kier alpha value is -1.38. The van der Waals surface area contributed by atoms with Gasteiger partial charge in [-0.2, -0.15) is 0 Å². The van der Waals surface area contributed by atoms with Gasteiger partial charge in [-0.3, -0.25) is 14.0 Å². The normalized spacial score (nSPS) is 20.5. The first-order valence-corrected chi connectivity index (χ1v) is 9.97. The van der Waals surface area contributed by atoms with Crippen molar-refractivity contribution in [3.8, 4) is 0 Å². The van der Waals surface area contributed by atoms with E-state index in [-0.39, 0.29) is 22.9 Å². The first-order valence-electron chi connectivity index (χ1n) is 7.94. The Morgan fingerprint density at radius 3 is 3.08 bits per heavy atom. The van der Waals surface area contributed by atoms with E-state index in [0.29, 0.717) is 23.0 Å². The molecule has 1 atom stereocenters. The summed E-state index contributed by atoms with van der Waals surface area (Å²) >= 11 is 2.93. The van der Waals surface area contributed by atoms with Gasteiger partial charge in [0.1, 0.15) is 0 Å². The minimum absolute atomic E-state index is 0.0426. The predicted molar refractivity (Wildman–Crippen MR) is 98.5 cm³/mol. The third-order valence-electron chi connectivity index (χ3n) is 4.50. The summed E-state index contributed by atoms with van der Waals surface area (Å²) in [6, 6.07) is 1.68. The molecule has 130 valence electrons. The van der Waals surface area contributed by atoms with Crippen LogP contribution in [-0.2, 0) is 10.5 Å². The van der Waals surface area contributed by atoms with E-state index in [0.717, 1.165) is 18.7 Å². The molecule has 1 amide bonds. The van der Waals surface area contributed by atoms with Gasteiger partial charge in [-0.05, 0) is 11.8 Å². The molecule has 0 saturated carbocycles. The molecule has 1 fully saturated rings. The van der Waals surface area contributed by atoms with E-state index in [1.54, 1.807) is 12.3 Å². The van der Waals surface area contributed by atoms with Crippen molar-refractivity contribution >= 4 is 34.0 Å². The Kier molecular flexibility index (Phi) is 4.98. The number of likely N-dealkylation sites (tertiary alicyclic amines) is 1. The van der Waals surface area contributed by atoms with Crippen molar-refractivity contribution in [1.82, 2.24) is 14.3 Å². The molecule has 1 aliphatic heterocycles. The number of thioether (sulfide) groups is 1. The predicted octanol–water partition coefficient (Wildman–Crippen LogP) is 1.57. The second kappa shape index (κ2) is 6.85. The van der Waals surface area contributed by atoms with Gasteiger partial charge in [0, 0.05) is 42.5 Å². The van der Waals surface area contributed by atoms with Crippen molar-refractivity contribution in [2.75, 3.05) is 18.8 Å². The maximum atomic E-state index is 12.4. The number of nitrogens with zero attached hydrogens (tertiary/aromatic N) is 3. The van der Waals surface area contributed by atoms with Gasteiger partial charge in [0.2, 0.25) is 5.91 Å². The fourth-order valence-corrected chi connectivity index (χ4v) is 4.44. The molecule has 1 aliphatic rings. The summed E-state index contributed by atoms with van der Waals surface area (Å²) in [4.78, 5) is 31.4. The van der Waals surface area contributed by atoms with Gasteiger partial charge >= 0.3 is 0 Å². The third kappa shape index (κ3) is 3.65. The number of amides is 1. The average molecular weight is 367 g/mol. The molecule has 3 heterocycles. The van der Waals surface area contributed by atoms with E-state index in [1.165, 1.54) is 27.5 Å². The van der Waals surface area contributed by atoms with Crippen LogP contribution in [0, 0.1) is 5.41 Å². The number of aromatic nitrogens is 2. The fraction of sp³-hybridized carbons (Fsp3) is 0.562. The van der Waals surface area contributed by atoms with Crippen molar-refractivity contribution < 1.29 is 4.79 Å². The lowest BCUT2D eigenvalue weighted by Gasteiger charge is -2.42. The Balaban J connectivity index is 1.55. The number of hydrogen-bond donors (Lipinski definition) is 1. The number of piperidine rings is 1. The molecule has 1 saturated heterocycles. The van der Waals surface area contributed by atoms with Crippen LogP contribution < -0.4 is 11.3 Å². The van der Waals surface area contributed by atoms with Gasteiger partial charge in [-0.1, -0.05) is 13.8 Å². The minimum Gasteiger partial charge on any atom is -0.341 e. The van der Waals surface area contributed by atoms with Crippen LogP contribution in [0.3, 0.4) is 0 Å². The van der Waals surface area contributed by atoms with Crippen molar-refractivity contribution in [2.45, 2.75) is 32.1 Å². The highest BCUT2D eigenvalue weighted by Crippen LogP contribution is 2.28. The van der Waals surface area contributed by atoms with Crippen molar-refractivity contribution in [1.29, 1.82) is 0 Å². The number of hydrogen-bond acceptors (Lipinski definition) is 6. The van der Waals surface area contributed by atoms with Gasteiger partial charge in [-0.15, -0.1) is 23.1 Å². The van der Waals surface area contributed by atoms with E-state index < -0.39 is 0 Å². The molecule has 0 bridgehead atoms. The summed E-state index contributed by atoms with van der Waals surface area (Å²) in [5.74, 6) is 1.09. The summed E-state index contributed by atoms with van der Waals surface area (Å²) in [6.45, 7) is 5.65. The standard InChI is InChI=1S/C16H22N4O2S2/c1-16(2)10-19(4-3-12(16)17)14(22)9-23-8-11-7-13(21)20-5-6-24-15(20)18-11/h5-7,12H,3-4,8-10,17H2,1-2H3. The van der Waals surface area contributed by atoms with Gasteiger partial charge < -0.3 is 10.6 Å². The maximum Gasteiger partial charge on any atom is 0.258 e. The fourth-order valence-electron chi connectivity index (χ4n) is 2.88. The first kappa shape index (κ1) is 17.4. The summed E-state index contributed by atoms with van der Waals surface area (Å²) in [5, 5.41) is 1.84. The summed E-state index contributed by atoms with van der Waals surface area (Å²) in [7, 11) is 0. The molecule has 1 unspecified atom stereocenters. The number of thiazole rings is 1. The molecule has 3 rings (SSSR count). The molecular weight excluding hydrogens is 344 g/mol. The summed E-state index contributed by atoms with van der Waals surface area (Å²) in [6.07, 6.45) is 2.56. The Morgan fingerprint density at radius 1 is 1.54 bits per heavy atom. The van der Waals surface area contributed by atoms with Gasteiger partial charge in [0.25, 0.3) is 5.56 Å². The SMILES string of the molecule is CC1(C)CN(C(=O)CSCc2cc(=O)n3ccsc3n2)CCC1N. The van der Waals surface area contributed by atoms with E-state index in [1.807, 2.05) is 10.3 Å². The molecule has 2 aromatic rings. The summed E-state index contributed by atoms with van der Waals surface area (Å²) < 4.78 is 1.53. The second-order valence-electron chi connectivity index (χ2n) is 6.83. The Morgan fingerprint density at radius 2 is 2.33 bits per heavy atom. The second-order valence-corrected chi connectivity index (χ2v) is 8.69. The molecule has 0 spiro atoms. The van der Waals surface area contributed by atoms with Crippen molar-refractivity contribution in [3.05, 3.63) is 33.7 Å². The quantitative estimate of drug-likeness (QED) is 0.888. The van der Waals surface area contributed by atoms with E-state index in [9.17, 15) is 9.59 Å². The topological polar surface area (TPSA) is 80.7 Å². The molecule has 0 aromatic carbocycles. The van der Waals surface area contributed by atoms with Gasteiger partial charge in [0.15, 0.2) is 4.96 Å². The van der Waals surface area contributed by atoms with Crippen LogP contribution in [0.1, 0.15) is 26.0 Å². The first-order chi connectivity index (χ1) is 11.4. The van der Waals surface area contributed by atoms with Crippen LogP contribution in [0.15, 0.2) is 22.4 Å². The molecular formula is C16H22N4O2S2. The number of nitrogens with two attached hydrogens (primary N) is 1. The van der Waals surface area contributed by atoms with Crippen LogP contribution in [0.4, 0.5) is 0 Å². The zero-order valence-corrected chi connectivity index (χ0v) is 15.5. The maximum absolute atomic E-state index is 12.4. The molecule has 2 aromatic heterocycles. The monoisotopic (exact) mass is 366 g/mol. The average Bonchev–Trinajstić information content (AvgIpc) is 2.99. The smallest absolute Gasteiger partial charge is 0.258 e. The van der Waals surface area contributed by atoms with E-state index in [4.69, 9.17) is 5.73 Å². The highest BCUT2D eigenvalue weighted by Gasteiger charge is 2.35. The van der Waals surface area contributed by atoms with Gasteiger partial charge in [-0.25, -0.2) is 4.98 Å². The lowest BCUT2D eigenvalue weighted by atomic mass is 9.80. The number of fused-ring (bicyclic) bond motifs is 1. The lowest BCUT2D eigenvalue weighted by Crippen LogP contribution is -2.54. The van der Waals surface area contributed by atoms with Crippen LogP contribution in [-0.4, -0.2) is 45.1 Å². The molecule has 0 aliphatic carbocycles. The highest BCUT2D eigenvalue weighted by atomic mass is 32.2. The summed E-state index contributed by atoms with van der Waals surface area (Å²) in [5.41, 5.74) is 6.73. The number of carbonyl (C=O) groups is 1. The van der Waals surface area contributed by atoms with Crippen molar-refractivity contribution in [3.63, 3.8) is 0 Å². The number of carbonyl (C=O) groups excluding carboxylic acids is 1. The van der Waals surface area contributed by atoms with Crippen LogP contribution in [0.2, 0.25) is 0 Å². The molecule has 2 N–H and O–H groups in total. The van der Waals surface area contributed by atoms with Crippen LogP contribution >= 0.6 is 23.1 Å². The minimum atomic E-state index is -0.0741. The van der Waals surface area contributed by atoms with E-state index >= 15 is 0 Å². The van der Waals surface area contributed by atoms with Crippen LogP contribution in [0.5, 0.6) is 0 Å². The zero-order chi connectivity index (χ0) is 17.3. The molecule has 0 radical (unpaired) electrons. The number of rotatable bonds is 4. The zero-order valence-electron chi connectivity index (χ0n) is 13.9.